The minimum Gasteiger partial charge on any atom is -0.494 e. The normalized spacial score (nSPS) is 21.2. The molecule has 0 aliphatic carbocycles. The molecule has 1 radical (unpaired) electrons. The SMILES string of the molecule is [c]1cccc(OCCC2CCCOC2)c1. The van der Waals surface area contributed by atoms with Gasteiger partial charge < -0.3 is 9.47 Å². The average molecular weight is 205 g/mol. The van der Waals surface area contributed by atoms with E-state index in [0.29, 0.717) is 5.92 Å². The van der Waals surface area contributed by atoms with E-state index in [-0.39, 0.29) is 0 Å². The molecule has 1 fully saturated rings. The summed E-state index contributed by atoms with van der Waals surface area (Å²) in [5, 5.41) is 0. The topological polar surface area (TPSA) is 18.5 Å². The van der Waals surface area contributed by atoms with E-state index in [1.54, 1.807) is 0 Å². The highest BCUT2D eigenvalue weighted by atomic mass is 16.5. The van der Waals surface area contributed by atoms with Gasteiger partial charge in [-0.15, -0.1) is 0 Å². The molecule has 15 heavy (non-hydrogen) atoms. The first-order valence-electron chi connectivity index (χ1n) is 5.62. The highest BCUT2D eigenvalue weighted by Gasteiger charge is 2.13. The van der Waals surface area contributed by atoms with Gasteiger partial charge in [-0.3, -0.25) is 0 Å². The van der Waals surface area contributed by atoms with Gasteiger partial charge in [0.15, 0.2) is 0 Å². The Labute approximate surface area is 91.2 Å². The van der Waals surface area contributed by atoms with Crippen LogP contribution in [0.3, 0.4) is 0 Å². The summed E-state index contributed by atoms with van der Waals surface area (Å²) in [6, 6.07) is 10.7. The summed E-state index contributed by atoms with van der Waals surface area (Å²) in [4.78, 5) is 0. The molecule has 1 saturated heterocycles. The van der Waals surface area contributed by atoms with Gasteiger partial charge in [0, 0.05) is 13.2 Å². The average Bonchev–Trinajstić information content (AvgIpc) is 2.32. The largest absolute Gasteiger partial charge is 0.494 e. The summed E-state index contributed by atoms with van der Waals surface area (Å²) in [6.07, 6.45) is 3.57. The van der Waals surface area contributed by atoms with Gasteiger partial charge in [-0.2, -0.15) is 0 Å². The monoisotopic (exact) mass is 205 g/mol. The number of hydrogen-bond acceptors (Lipinski definition) is 2. The molecular formula is C13H17O2. The van der Waals surface area contributed by atoms with Crippen LogP contribution in [0.1, 0.15) is 19.3 Å². The number of rotatable bonds is 4. The number of benzene rings is 1. The van der Waals surface area contributed by atoms with Crippen molar-refractivity contribution < 1.29 is 9.47 Å². The molecule has 81 valence electrons. The Balaban J connectivity index is 1.66. The molecule has 1 heterocycles. The van der Waals surface area contributed by atoms with Gasteiger partial charge in [0.25, 0.3) is 0 Å². The lowest BCUT2D eigenvalue weighted by molar-refractivity contribution is 0.0462. The lowest BCUT2D eigenvalue weighted by Crippen LogP contribution is -2.19. The van der Waals surface area contributed by atoms with Crippen LogP contribution < -0.4 is 4.74 Å². The molecule has 1 aliphatic rings. The second kappa shape index (κ2) is 5.76. The molecule has 0 spiro atoms. The van der Waals surface area contributed by atoms with Crippen molar-refractivity contribution in [2.24, 2.45) is 5.92 Å². The minimum atomic E-state index is 0.687. The summed E-state index contributed by atoms with van der Waals surface area (Å²) in [5.41, 5.74) is 0. The van der Waals surface area contributed by atoms with Crippen LogP contribution in [-0.2, 0) is 4.74 Å². The minimum absolute atomic E-state index is 0.687. The molecule has 2 rings (SSSR count). The summed E-state index contributed by atoms with van der Waals surface area (Å²) in [6.45, 7) is 2.63. The third-order valence-corrected chi connectivity index (χ3v) is 2.73. The Morgan fingerprint density at radius 1 is 1.53 bits per heavy atom. The van der Waals surface area contributed by atoms with Gasteiger partial charge in [0.1, 0.15) is 5.75 Å². The van der Waals surface area contributed by atoms with Crippen LogP contribution in [0.5, 0.6) is 5.75 Å². The van der Waals surface area contributed by atoms with Crippen LogP contribution in [0.15, 0.2) is 24.3 Å². The first-order chi connectivity index (χ1) is 7.45. The van der Waals surface area contributed by atoms with E-state index in [1.807, 2.05) is 24.3 Å². The lowest BCUT2D eigenvalue weighted by atomic mass is 9.99. The highest BCUT2D eigenvalue weighted by molar-refractivity contribution is 5.19. The molecule has 1 aromatic carbocycles. The van der Waals surface area contributed by atoms with E-state index in [0.717, 1.165) is 32.0 Å². The fourth-order valence-corrected chi connectivity index (χ4v) is 1.85. The summed E-state index contributed by atoms with van der Waals surface area (Å²) >= 11 is 0. The maximum Gasteiger partial charge on any atom is 0.119 e. The van der Waals surface area contributed by atoms with Gasteiger partial charge >= 0.3 is 0 Å². The zero-order valence-corrected chi connectivity index (χ0v) is 8.95. The molecule has 1 aliphatic heterocycles. The zero-order valence-electron chi connectivity index (χ0n) is 8.95. The fraction of sp³-hybridized carbons (Fsp3) is 0.538. The third kappa shape index (κ3) is 3.56. The van der Waals surface area contributed by atoms with Crippen LogP contribution in [0.25, 0.3) is 0 Å². The smallest absolute Gasteiger partial charge is 0.119 e. The Morgan fingerprint density at radius 2 is 2.53 bits per heavy atom. The summed E-state index contributed by atoms with van der Waals surface area (Å²) in [5.74, 6) is 1.60. The summed E-state index contributed by atoms with van der Waals surface area (Å²) < 4.78 is 11.0. The molecule has 0 amide bonds. The predicted octanol–water partition coefficient (Wildman–Crippen LogP) is 2.68. The molecule has 0 saturated carbocycles. The summed E-state index contributed by atoms with van der Waals surface area (Å²) in [7, 11) is 0. The molecule has 2 heteroatoms. The standard InChI is InChI=1S/C13H17O2/c1-2-6-13(7-3-1)15-10-8-12-5-4-9-14-11-12/h1-2,6-7,12H,4-5,8-11H2. The maximum atomic E-state index is 5.62. The van der Waals surface area contributed by atoms with E-state index in [1.165, 1.54) is 12.8 Å². The predicted molar refractivity (Wildman–Crippen MR) is 58.9 cm³/mol. The quantitative estimate of drug-likeness (QED) is 0.752. The van der Waals surface area contributed by atoms with Gasteiger partial charge in [-0.1, -0.05) is 12.1 Å². The molecule has 2 nitrogen and oxygen atoms in total. The maximum absolute atomic E-state index is 5.62. The fourth-order valence-electron chi connectivity index (χ4n) is 1.85. The van der Waals surface area contributed by atoms with E-state index < -0.39 is 0 Å². The van der Waals surface area contributed by atoms with Crippen molar-refractivity contribution in [1.82, 2.24) is 0 Å². The lowest BCUT2D eigenvalue weighted by Gasteiger charge is -2.21. The molecule has 1 unspecified atom stereocenters. The van der Waals surface area contributed by atoms with E-state index in [4.69, 9.17) is 9.47 Å². The second-order valence-corrected chi connectivity index (χ2v) is 3.96. The van der Waals surface area contributed by atoms with Crippen molar-refractivity contribution >= 4 is 0 Å². The molecule has 1 aromatic rings. The van der Waals surface area contributed by atoms with Gasteiger partial charge in [-0.05, 0) is 43.4 Å². The first-order valence-corrected chi connectivity index (χ1v) is 5.62. The van der Waals surface area contributed by atoms with Crippen molar-refractivity contribution in [2.45, 2.75) is 19.3 Å². The van der Waals surface area contributed by atoms with Crippen LogP contribution in [0.2, 0.25) is 0 Å². The second-order valence-electron chi connectivity index (χ2n) is 3.96. The van der Waals surface area contributed by atoms with Crippen molar-refractivity contribution in [1.29, 1.82) is 0 Å². The first kappa shape index (κ1) is 10.5. The van der Waals surface area contributed by atoms with Crippen LogP contribution in [-0.4, -0.2) is 19.8 Å². The van der Waals surface area contributed by atoms with Gasteiger partial charge in [0.2, 0.25) is 0 Å². The van der Waals surface area contributed by atoms with Gasteiger partial charge in [-0.25, -0.2) is 0 Å². The van der Waals surface area contributed by atoms with Crippen molar-refractivity contribution in [2.75, 3.05) is 19.8 Å². The Hall–Kier alpha value is -1.02. The van der Waals surface area contributed by atoms with Crippen molar-refractivity contribution in [3.63, 3.8) is 0 Å². The van der Waals surface area contributed by atoms with Crippen molar-refractivity contribution in [3.05, 3.63) is 30.3 Å². The molecule has 0 aromatic heterocycles. The Morgan fingerprint density at radius 3 is 3.27 bits per heavy atom. The Kier molecular flexibility index (Phi) is 4.03. The van der Waals surface area contributed by atoms with Crippen LogP contribution in [0.4, 0.5) is 0 Å². The molecule has 1 atom stereocenters. The number of hydrogen-bond donors (Lipinski definition) is 0. The highest BCUT2D eigenvalue weighted by Crippen LogP contribution is 2.17. The molecule has 0 N–H and O–H groups in total. The molecular weight excluding hydrogens is 188 g/mol. The molecule has 0 bridgehead atoms. The zero-order chi connectivity index (χ0) is 10.3. The van der Waals surface area contributed by atoms with Crippen molar-refractivity contribution in [3.8, 4) is 5.75 Å². The van der Waals surface area contributed by atoms with E-state index in [9.17, 15) is 0 Å². The van der Waals surface area contributed by atoms with Crippen LogP contribution in [0, 0.1) is 12.0 Å². The Bertz CT molecular complexity index is 265. The van der Waals surface area contributed by atoms with E-state index >= 15 is 0 Å². The number of ether oxygens (including phenoxy) is 2. The van der Waals surface area contributed by atoms with Crippen LogP contribution >= 0.6 is 0 Å². The third-order valence-electron chi connectivity index (χ3n) is 2.73. The van der Waals surface area contributed by atoms with E-state index in [2.05, 4.69) is 6.07 Å². The van der Waals surface area contributed by atoms with Gasteiger partial charge in [0.05, 0.1) is 6.61 Å².